The SMILES string of the molecule is O=C(O)COCCNC(=O)C1CC1c1ccc(Cl)c(Cl)c1. The fourth-order valence-electron chi connectivity index (χ4n) is 2.13. The van der Waals surface area contributed by atoms with E-state index in [9.17, 15) is 9.59 Å². The molecule has 0 aromatic heterocycles. The molecule has 0 heterocycles. The lowest BCUT2D eigenvalue weighted by molar-refractivity contribution is -0.142. The molecular weight excluding hydrogens is 317 g/mol. The largest absolute Gasteiger partial charge is 0.480 e. The highest BCUT2D eigenvalue weighted by atomic mass is 35.5. The molecule has 1 aliphatic rings. The van der Waals surface area contributed by atoms with Crippen LogP contribution in [0.3, 0.4) is 0 Å². The third kappa shape index (κ3) is 4.59. The van der Waals surface area contributed by atoms with Crippen molar-refractivity contribution < 1.29 is 19.4 Å². The van der Waals surface area contributed by atoms with Gasteiger partial charge in [0.2, 0.25) is 5.91 Å². The summed E-state index contributed by atoms with van der Waals surface area (Å²) < 4.78 is 4.84. The Hall–Kier alpha value is -1.30. The van der Waals surface area contributed by atoms with Crippen molar-refractivity contribution >= 4 is 35.1 Å². The van der Waals surface area contributed by atoms with E-state index in [-0.39, 0.29) is 31.0 Å². The predicted octanol–water partition coefficient (Wildman–Crippen LogP) is 2.31. The van der Waals surface area contributed by atoms with Gasteiger partial charge in [-0.1, -0.05) is 29.3 Å². The maximum absolute atomic E-state index is 11.9. The summed E-state index contributed by atoms with van der Waals surface area (Å²) in [5, 5.41) is 12.1. The van der Waals surface area contributed by atoms with Gasteiger partial charge in [-0.15, -0.1) is 0 Å². The van der Waals surface area contributed by atoms with E-state index in [2.05, 4.69) is 5.32 Å². The summed E-state index contributed by atoms with van der Waals surface area (Å²) in [6, 6.07) is 5.40. The summed E-state index contributed by atoms with van der Waals surface area (Å²) in [5.41, 5.74) is 1.01. The van der Waals surface area contributed by atoms with Crippen molar-refractivity contribution in [2.75, 3.05) is 19.8 Å². The minimum absolute atomic E-state index is 0.0509. The fourth-order valence-corrected chi connectivity index (χ4v) is 2.44. The molecule has 0 radical (unpaired) electrons. The van der Waals surface area contributed by atoms with Crippen molar-refractivity contribution in [3.63, 3.8) is 0 Å². The number of carbonyl (C=O) groups excluding carboxylic acids is 1. The van der Waals surface area contributed by atoms with E-state index >= 15 is 0 Å². The highest BCUT2D eigenvalue weighted by Crippen LogP contribution is 2.48. The Morgan fingerprint density at radius 1 is 1.33 bits per heavy atom. The quantitative estimate of drug-likeness (QED) is 0.752. The zero-order valence-corrected chi connectivity index (χ0v) is 12.7. The molecule has 2 rings (SSSR count). The summed E-state index contributed by atoms with van der Waals surface area (Å²) >= 11 is 11.8. The number of carbonyl (C=O) groups is 2. The second-order valence-electron chi connectivity index (χ2n) is 4.86. The van der Waals surface area contributed by atoms with Crippen LogP contribution in [-0.4, -0.2) is 36.7 Å². The van der Waals surface area contributed by atoms with Gasteiger partial charge in [0.1, 0.15) is 6.61 Å². The van der Waals surface area contributed by atoms with Gasteiger partial charge >= 0.3 is 5.97 Å². The van der Waals surface area contributed by atoms with Crippen LogP contribution in [-0.2, 0) is 14.3 Å². The molecule has 114 valence electrons. The summed E-state index contributed by atoms with van der Waals surface area (Å²) in [7, 11) is 0. The molecule has 2 N–H and O–H groups in total. The van der Waals surface area contributed by atoms with Crippen LogP contribution in [0, 0.1) is 5.92 Å². The van der Waals surface area contributed by atoms with Crippen molar-refractivity contribution in [1.29, 1.82) is 0 Å². The van der Waals surface area contributed by atoms with E-state index in [1.54, 1.807) is 12.1 Å². The van der Waals surface area contributed by atoms with Crippen LogP contribution in [0.4, 0.5) is 0 Å². The molecule has 7 heteroatoms. The van der Waals surface area contributed by atoms with Crippen LogP contribution in [0.2, 0.25) is 10.0 Å². The number of carboxylic acids is 1. The van der Waals surface area contributed by atoms with Crippen LogP contribution < -0.4 is 5.32 Å². The van der Waals surface area contributed by atoms with Crippen LogP contribution in [0.1, 0.15) is 17.9 Å². The molecule has 2 unspecified atom stereocenters. The number of hydrogen-bond acceptors (Lipinski definition) is 3. The van der Waals surface area contributed by atoms with Crippen molar-refractivity contribution in [2.24, 2.45) is 5.92 Å². The number of carboxylic acid groups (broad SMARTS) is 1. The summed E-state index contributed by atoms with van der Waals surface area (Å²) in [4.78, 5) is 22.1. The number of benzene rings is 1. The summed E-state index contributed by atoms with van der Waals surface area (Å²) in [6.07, 6.45) is 0.778. The molecule has 1 aromatic rings. The summed E-state index contributed by atoms with van der Waals surface area (Å²) in [5.74, 6) is -0.977. The van der Waals surface area contributed by atoms with Crippen LogP contribution in [0.15, 0.2) is 18.2 Å². The molecule has 2 atom stereocenters. The van der Waals surface area contributed by atoms with Crippen molar-refractivity contribution in [3.05, 3.63) is 33.8 Å². The second kappa shape index (κ2) is 7.11. The number of aliphatic carboxylic acids is 1. The van der Waals surface area contributed by atoms with Gasteiger partial charge in [0.25, 0.3) is 0 Å². The Morgan fingerprint density at radius 2 is 2.10 bits per heavy atom. The average molecular weight is 332 g/mol. The first-order chi connectivity index (χ1) is 9.99. The maximum atomic E-state index is 11.9. The Morgan fingerprint density at radius 3 is 2.76 bits per heavy atom. The molecule has 0 spiro atoms. The zero-order valence-electron chi connectivity index (χ0n) is 11.1. The zero-order chi connectivity index (χ0) is 15.4. The van der Waals surface area contributed by atoms with Crippen molar-refractivity contribution in [1.82, 2.24) is 5.32 Å². The fraction of sp³-hybridized carbons (Fsp3) is 0.429. The third-order valence-electron chi connectivity index (χ3n) is 3.27. The van der Waals surface area contributed by atoms with Gasteiger partial charge in [0.05, 0.1) is 16.7 Å². The smallest absolute Gasteiger partial charge is 0.329 e. The molecule has 1 saturated carbocycles. The lowest BCUT2D eigenvalue weighted by atomic mass is 10.1. The topological polar surface area (TPSA) is 75.6 Å². The van der Waals surface area contributed by atoms with E-state index in [1.165, 1.54) is 0 Å². The minimum atomic E-state index is -1.02. The number of nitrogens with one attached hydrogen (secondary N) is 1. The van der Waals surface area contributed by atoms with Gasteiger partial charge in [-0.25, -0.2) is 4.79 Å². The normalized spacial score (nSPS) is 20.1. The average Bonchev–Trinajstić information content (AvgIpc) is 3.21. The third-order valence-corrected chi connectivity index (χ3v) is 4.01. The Bertz CT molecular complexity index is 550. The van der Waals surface area contributed by atoms with Gasteiger partial charge in [0.15, 0.2) is 0 Å². The molecule has 0 saturated heterocycles. The number of amides is 1. The molecule has 0 aliphatic heterocycles. The first-order valence-corrected chi connectivity index (χ1v) is 7.27. The van der Waals surface area contributed by atoms with E-state index < -0.39 is 5.97 Å². The lowest BCUT2D eigenvalue weighted by Gasteiger charge is -2.05. The highest BCUT2D eigenvalue weighted by molar-refractivity contribution is 6.42. The van der Waals surface area contributed by atoms with Gasteiger partial charge in [0, 0.05) is 12.5 Å². The van der Waals surface area contributed by atoms with Crippen LogP contribution in [0.5, 0.6) is 0 Å². The van der Waals surface area contributed by atoms with Gasteiger partial charge < -0.3 is 15.2 Å². The second-order valence-corrected chi connectivity index (χ2v) is 5.67. The van der Waals surface area contributed by atoms with Crippen LogP contribution in [0.25, 0.3) is 0 Å². The molecule has 21 heavy (non-hydrogen) atoms. The monoisotopic (exact) mass is 331 g/mol. The molecular formula is C14H15Cl2NO4. The molecule has 5 nitrogen and oxygen atoms in total. The van der Waals surface area contributed by atoms with Gasteiger partial charge in [-0.05, 0) is 30.0 Å². The number of halogens is 2. The molecule has 1 aromatic carbocycles. The standard InChI is InChI=1S/C14H15Cl2NO4/c15-11-2-1-8(5-12(11)16)9-6-10(9)14(20)17-3-4-21-7-13(18)19/h1-2,5,9-10H,3-4,6-7H2,(H,17,20)(H,18,19). The van der Waals surface area contributed by atoms with E-state index in [0.717, 1.165) is 12.0 Å². The Kier molecular flexibility index (Phi) is 5.45. The Labute approximate surface area is 132 Å². The number of hydrogen-bond donors (Lipinski definition) is 2. The summed E-state index contributed by atoms with van der Waals surface area (Å²) in [6.45, 7) is 0.129. The van der Waals surface area contributed by atoms with Gasteiger partial charge in [-0.3, -0.25) is 4.79 Å². The van der Waals surface area contributed by atoms with Crippen molar-refractivity contribution in [2.45, 2.75) is 12.3 Å². The maximum Gasteiger partial charge on any atom is 0.329 e. The molecule has 1 fully saturated rings. The number of rotatable bonds is 7. The van der Waals surface area contributed by atoms with E-state index in [4.69, 9.17) is 33.0 Å². The first-order valence-electron chi connectivity index (χ1n) is 6.51. The Balaban J connectivity index is 1.73. The minimum Gasteiger partial charge on any atom is -0.480 e. The predicted molar refractivity (Wildman–Crippen MR) is 78.8 cm³/mol. The van der Waals surface area contributed by atoms with Gasteiger partial charge in [-0.2, -0.15) is 0 Å². The van der Waals surface area contributed by atoms with Crippen LogP contribution >= 0.6 is 23.2 Å². The van der Waals surface area contributed by atoms with Crippen molar-refractivity contribution in [3.8, 4) is 0 Å². The lowest BCUT2D eigenvalue weighted by Crippen LogP contribution is -2.29. The molecule has 0 bridgehead atoms. The number of ether oxygens (including phenoxy) is 1. The van der Waals surface area contributed by atoms with E-state index in [1.807, 2.05) is 6.07 Å². The molecule has 1 amide bonds. The highest BCUT2D eigenvalue weighted by Gasteiger charge is 2.43. The van der Waals surface area contributed by atoms with E-state index in [0.29, 0.717) is 16.6 Å². The molecule has 1 aliphatic carbocycles. The first kappa shape index (κ1) is 16.1.